The smallest absolute Gasteiger partial charge is 0.244 e. The van der Waals surface area contributed by atoms with Crippen molar-refractivity contribution in [3.63, 3.8) is 0 Å². The Labute approximate surface area is 126 Å². The number of hydrogen-bond donors (Lipinski definition) is 2. The molecule has 5 nitrogen and oxygen atoms in total. The summed E-state index contributed by atoms with van der Waals surface area (Å²) in [6.45, 7) is 5.65. The van der Waals surface area contributed by atoms with E-state index in [4.69, 9.17) is 4.42 Å². The molecular formula is C15H25NO4S. The summed E-state index contributed by atoms with van der Waals surface area (Å²) < 4.78 is 33.0. The molecule has 1 fully saturated rings. The minimum absolute atomic E-state index is 0.103. The Kier molecular flexibility index (Phi) is 5.11. The largest absolute Gasteiger partial charge is 0.465 e. The van der Waals surface area contributed by atoms with E-state index in [0.29, 0.717) is 29.5 Å². The fourth-order valence-corrected chi connectivity index (χ4v) is 4.63. The van der Waals surface area contributed by atoms with Crippen LogP contribution in [0.4, 0.5) is 0 Å². The van der Waals surface area contributed by atoms with Gasteiger partial charge in [0.1, 0.15) is 16.4 Å². The number of sulfonamides is 1. The maximum atomic E-state index is 12.5. The number of rotatable bonds is 5. The van der Waals surface area contributed by atoms with Crippen LogP contribution in [-0.2, 0) is 16.6 Å². The molecule has 0 radical (unpaired) electrons. The van der Waals surface area contributed by atoms with Gasteiger partial charge >= 0.3 is 0 Å². The Morgan fingerprint density at radius 3 is 2.38 bits per heavy atom. The van der Waals surface area contributed by atoms with E-state index >= 15 is 0 Å². The molecule has 0 aromatic carbocycles. The van der Waals surface area contributed by atoms with E-state index in [9.17, 15) is 13.5 Å². The summed E-state index contributed by atoms with van der Waals surface area (Å²) in [6, 6.07) is 0. The van der Waals surface area contributed by atoms with E-state index < -0.39 is 10.0 Å². The first-order chi connectivity index (χ1) is 9.85. The summed E-state index contributed by atoms with van der Waals surface area (Å²) in [6.07, 6.45) is 4.47. The lowest BCUT2D eigenvalue weighted by atomic mass is 9.83. The van der Waals surface area contributed by atoms with Gasteiger partial charge in [-0.25, -0.2) is 13.1 Å². The summed E-state index contributed by atoms with van der Waals surface area (Å²) in [4.78, 5) is 0.103. The molecule has 0 atom stereocenters. The zero-order valence-electron chi connectivity index (χ0n) is 13.0. The van der Waals surface area contributed by atoms with E-state index in [-0.39, 0.29) is 11.5 Å². The minimum atomic E-state index is -3.63. The zero-order chi connectivity index (χ0) is 15.6. The number of hydrogen-bond acceptors (Lipinski definition) is 4. The fourth-order valence-electron chi connectivity index (χ4n) is 3.08. The summed E-state index contributed by atoms with van der Waals surface area (Å²) in [5.74, 6) is 1.95. The van der Waals surface area contributed by atoms with Crippen molar-refractivity contribution in [2.24, 2.45) is 11.8 Å². The van der Waals surface area contributed by atoms with Gasteiger partial charge in [0.05, 0.1) is 6.61 Å². The molecule has 21 heavy (non-hydrogen) atoms. The van der Waals surface area contributed by atoms with Gasteiger partial charge in [-0.3, -0.25) is 0 Å². The van der Waals surface area contributed by atoms with Crippen molar-refractivity contribution < 1.29 is 17.9 Å². The normalized spacial score (nSPS) is 23.4. The third kappa shape index (κ3) is 3.67. The van der Waals surface area contributed by atoms with Gasteiger partial charge in [-0.2, -0.15) is 0 Å². The van der Waals surface area contributed by atoms with Crippen molar-refractivity contribution in [2.75, 3.05) is 6.54 Å². The van der Waals surface area contributed by atoms with Gasteiger partial charge in [0.2, 0.25) is 10.0 Å². The fraction of sp³-hybridized carbons (Fsp3) is 0.733. The average molecular weight is 315 g/mol. The molecule has 2 rings (SSSR count). The second kappa shape index (κ2) is 6.50. The third-order valence-electron chi connectivity index (χ3n) is 4.45. The number of aliphatic hydroxyl groups excluding tert-OH is 1. The second-order valence-electron chi connectivity index (χ2n) is 6.16. The number of nitrogens with one attached hydrogen (secondary N) is 1. The van der Waals surface area contributed by atoms with Crippen molar-refractivity contribution in [3.8, 4) is 0 Å². The second-order valence-corrected chi connectivity index (χ2v) is 7.86. The Bertz CT molecular complexity index is 583. The van der Waals surface area contributed by atoms with Crippen molar-refractivity contribution in [1.29, 1.82) is 0 Å². The van der Waals surface area contributed by atoms with Crippen LogP contribution in [-0.4, -0.2) is 20.1 Å². The predicted octanol–water partition coefficient (Wildman–Crippen LogP) is 2.49. The highest BCUT2D eigenvalue weighted by Gasteiger charge is 2.27. The van der Waals surface area contributed by atoms with Crippen molar-refractivity contribution in [2.45, 2.75) is 58.0 Å². The average Bonchev–Trinajstić information content (AvgIpc) is 2.73. The van der Waals surface area contributed by atoms with E-state index in [1.165, 1.54) is 0 Å². The molecule has 0 unspecified atom stereocenters. The molecule has 1 aliphatic carbocycles. The molecule has 0 saturated heterocycles. The zero-order valence-corrected chi connectivity index (χ0v) is 13.8. The third-order valence-corrected chi connectivity index (χ3v) is 6.07. The SMILES string of the molecule is Cc1oc(C)c(S(=O)(=O)NCC2CCC(C)CC2)c1CO. The highest BCUT2D eigenvalue weighted by atomic mass is 32.2. The molecule has 1 aromatic rings. The summed E-state index contributed by atoms with van der Waals surface area (Å²) in [5.41, 5.74) is 0.359. The molecule has 0 bridgehead atoms. The lowest BCUT2D eigenvalue weighted by Crippen LogP contribution is -2.31. The first kappa shape index (κ1) is 16.5. The van der Waals surface area contributed by atoms with Gasteiger partial charge in [-0.1, -0.05) is 19.8 Å². The molecule has 1 aromatic heterocycles. The molecular weight excluding hydrogens is 290 g/mol. The highest BCUT2D eigenvalue weighted by molar-refractivity contribution is 7.89. The maximum absolute atomic E-state index is 12.5. The lowest BCUT2D eigenvalue weighted by molar-refractivity contribution is 0.276. The van der Waals surface area contributed by atoms with E-state index in [1.807, 2.05) is 0 Å². The van der Waals surface area contributed by atoms with Gasteiger partial charge in [0, 0.05) is 12.1 Å². The molecule has 120 valence electrons. The van der Waals surface area contributed by atoms with Crippen LogP contribution in [0, 0.1) is 25.7 Å². The monoisotopic (exact) mass is 315 g/mol. The standard InChI is InChI=1S/C15H25NO4S/c1-10-4-6-13(7-5-10)8-16-21(18,19)15-12(3)20-11(2)14(15)9-17/h10,13,16-17H,4-9H2,1-3H3. The number of aliphatic hydroxyl groups is 1. The Morgan fingerprint density at radius 1 is 1.19 bits per heavy atom. The van der Waals surface area contributed by atoms with Crippen molar-refractivity contribution >= 4 is 10.0 Å². The van der Waals surface area contributed by atoms with Crippen LogP contribution < -0.4 is 4.72 Å². The van der Waals surface area contributed by atoms with Gasteiger partial charge in [-0.05, 0) is 38.5 Å². The number of aryl methyl sites for hydroxylation is 2. The molecule has 1 saturated carbocycles. The molecule has 0 amide bonds. The van der Waals surface area contributed by atoms with Crippen molar-refractivity contribution in [3.05, 3.63) is 17.1 Å². The lowest BCUT2D eigenvalue weighted by Gasteiger charge is -2.26. The van der Waals surface area contributed by atoms with Gasteiger partial charge in [-0.15, -0.1) is 0 Å². The van der Waals surface area contributed by atoms with E-state index in [0.717, 1.165) is 31.6 Å². The van der Waals surface area contributed by atoms with Crippen LogP contribution in [0.3, 0.4) is 0 Å². The van der Waals surface area contributed by atoms with Crippen LogP contribution >= 0.6 is 0 Å². The van der Waals surface area contributed by atoms with Gasteiger partial charge in [0.15, 0.2) is 0 Å². The topological polar surface area (TPSA) is 79.5 Å². The summed E-state index contributed by atoms with van der Waals surface area (Å²) >= 11 is 0. The quantitative estimate of drug-likeness (QED) is 0.875. The van der Waals surface area contributed by atoms with Crippen LogP contribution in [0.1, 0.15) is 49.7 Å². The first-order valence-electron chi connectivity index (χ1n) is 7.54. The minimum Gasteiger partial charge on any atom is -0.465 e. The van der Waals surface area contributed by atoms with Crippen LogP contribution in [0.25, 0.3) is 0 Å². The predicted molar refractivity (Wildman–Crippen MR) is 80.4 cm³/mol. The van der Waals surface area contributed by atoms with Crippen molar-refractivity contribution in [1.82, 2.24) is 4.72 Å². The summed E-state index contributed by atoms with van der Waals surface area (Å²) in [5, 5.41) is 9.37. The first-order valence-corrected chi connectivity index (χ1v) is 9.02. The van der Waals surface area contributed by atoms with Gasteiger partial charge < -0.3 is 9.52 Å². The maximum Gasteiger partial charge on any atom is 0.244 e. The van der Waals surface area contributed by atoms with Crippen LogP contribution in [0.15, 0.2) is 9.31 Å². The summed E-state index contributed by atoms with van der Waals surface area (Å²) in [7, 11) is -3.63. The van der Waals surface area contributed by atoms with Crippen LogP contribution in [0.5, 0.6) is 0 Å². The molecule has 6 heteroatoms. The molecule has 0 aliphatic heterocycles. The van der Waals surface area contributed by atoms with Gasteiger partial charge in [0.25, 0.3) is 0 Å². The van der Waals surface area contributed by atoms with Crippen LogP contribution in [0.2, 0.25) is 0 Å². The molecule has 0 spiro atoms. The molecule has 1 aliphatic rings. The highest BCUT2D eigenvalue weighted by Crippen LogP contribution is 2.29. The number of furan rings is 1. The Hall–Kier alpha value is -0.850. The Morgan fingerprint density at radius 2 is 1.81 bits per heavy atom. The van der Waals surface area contributed by atoms with E-state index in [2.05, 4.69) is 11.6 Å². The van der Waals surface area contributed by atoms with E-state index in [1.54, 1.807) is 13.8 Å². The Balaban J connectivity index is 2.09. The molecule has 2 N–H and O–H groups in total. The molecule has 1 heterocycles.